The maximum atomic E-state index is 12.3. The fraction of sp³-hybridized carbons (Fsp3) is 0.136. The molecular formula is C22H19NO5. The van der Waals surface area contributed by atoms with Crippen LogP contribution in [0.15, 0.2) is 65.1 Å². The van der Waals surface area contributed by atoms with E-state index in [2.05, 4.69) is 5.32 Å². The third-order valence-electron chi connectivity index (χ3n) is 4.36. The first-order valence-electron chi connectivity index (χ1n) is 8.73. The van der Waals surface area contributed by atoms with E-state index in [-0.39, 0.29) is 12.5 Å². The molecule has 0 aliphatic heterocycles. The van der Waals surface area contributed by atoms with Crippen LogP contribution in [0.1, 0.15) is 0 Å². The van der Waals surface area contributed by atoms with Crippen LogP contribution >= 0.6 is 0 Å². The quantitative estimate of drug-likeness (QED) is 0.531. The first kappa shape index (κ1) is 17.7. The highest BCUT2D eigenvalue weighted by Gasteiger charge is 2.10. The molecule has 1 heterocycles. The maximum absolute atomic E-state index is 12.3. The summed E-state index contributed by atoms with van der Waals surface area (Å²) in [4.78, 5) is 12.3. The molecule has 142 valence electrons. The van der Waals surface area contributed by atoms with Crippen molar-refractivity contribution in [1.29, 1.82) is 0 Å². The number of para-hydroxylation sites is 1. The van der Waals surface area contributed by atoms with Crippen LogP contribution in [0.5, 0.6) is 17.2 Å². The van der Waals surface area contributed by atoms with Gasteiger partial charge in [0.05, 0.1) is 14.2 Å². The molecule has 4 rings (SSSR count). The van der Waals surface area contributed by atoms with Crippen molar-refractivity contribution < 1.29 is 23.4 Å². The highest BCUT2D eigenvalue weighted by Crippen LogP contribution is 2.30. The number of hydrogen-bond donors (Lipinski definition) is 1. The van der Waals surface area contributed by atoms with Gasteiger partial charge in [-0.1, -0.05) is 18.2 Å². The van der Waals surface area contributed by atoms with Gasteiger partial charge >= 0.3 is 0 Å². The van der Waals surface area contributed by atoms with Gasteiger partial charge in [0.2, 0.25) is 0 Å². The Balaban J connectivity index is 1.46. The van der Waals surface area contributed by atoms with E-state index in [9.17, 15) is 4.79 Å². The van der Waals surface area contributed by atoms with Crippen molar-refractivity contribution in [3.05, 3.63) is 60.7 Å². The standard InChI is InChI=1S/C22H19NO5/c1-25-15-10-16(26-2)12-17(11-15)27-13-22(24)23-14-7-8-19-18-5-3-4-6-20(18)28-21(19)9-14/h3-12H,13H2,1-2H3,(H,23,24). The second-order valence-electron chi connectivity index (χ2n) is 6.19. The second-order valence-corrected chi connectivity index (χ2v) is 6.19. The van der Waals surface area contributed by atoms with Crippen LogP contribution in [-0.2, 0) is 4.79 Å². The average molecular weight is 377 g/mol. The molecule has 6 heteroatoms. The molecule has 0 saturated heterocycles. The minimum absolute atomic E-state index is 0.144. The number of ether oxygens (including phenoxy) is 3. The van der Waals surface area contributed by atoms with Crippen molar-refractivity contribution >= 4 is 33.5 Å². The van der Waals surface area contributed by atoms with Crippen LogP contribution in [0.3, 0.4) is 0 Å². The zero-order chi connectivity index (χ0) is 19.5. The van der Waals surface area contributed by atoms with Gasteiger partial charge in [-0.25, -0.2) is 0 Å². The monoisotopic (exact) mass is 377 g/mol. The van der Waals surface area contributed by atoms with Crippen molar-refractivity contribution in [1.82, 2.24) is 0 Å². The van der Waals surface area contributed by atoms with E-state index in [4.69, 9.17) is 18.6 Å². The number of anilines is 1. The molecule has 1 amide bonds. The summed E-state index contributed by atoms with van der Waals surface area (Å²) < 4.78 is 21.8. The van der Waals surface area contributed by atoms with Crippen LogP contribution in [0.4, 0.5) is 5.69 Å². The van der Waals surface area contributed by atoms with Gasteiger partial charge in [0.15, 0.2) is 6.61 Å². The molecule has 4 aromatic rings. The lowest BCUT2D eigenvalue weighted by atomic mass is 10.1. The predicted octanol–water partition coefficient (Wildman–Crippen LogP) is 4.62. The summed E-state index contributed by atoms with van der Waals surface area (Å²) >= 11 is 0. The van der Waals surface area contributed by atoms with Crippen molar-refractivity contribution in [2.75, 3.05) is 26.1 Å². The van der Waals surface area contributed by atoms with Crippen LogP contribution in [0.2, 0.25) is 0 Å². The third-order valence-corrected chi connectivity index (χ3v) is 4.36. The first-order chi connectivity index (χ1) is 13.7. The Morgan fingerprint density at radius 3 is 2.29 bits per heavy atom. The van der Waals surface area contributed by atoms with Crippen molar-refractivity contribution in [2.45, 2.75) is 0 Å². The third kappa shape index (κ3) is 3.57. The number of nitrogens with one attached hydrogen (secondary N) is 1. The largest absolute Gasteiger partial charge is 0.496 e. The molecule has 0 aliphatic rings. The van der Waals surface area contributed by atoms with E-state index in [1.165, 1.54) is 0 Å². The van der Waals surface area contributed by atoms with Crippen molar-refractivity contribution in [3.8, 4) is 17.2 Å². The SMILES string of the molecule is COc1cc(OC)cc(OCC(=O)Nc2ccc3c(c2)oc2ccccc23)c1. The summed E-state index contributed by atoms with van der Waals surface area (Å²) in [6.45, 7) is -0.144. The molecule has 1 aromatic heterocycles. The van der Waals surface area contributed by atoms with Gasteiger partial charge in [-0.15, -0.1) is 0 Å². The molecular weight excluding hydrogens is 358 g/mol. The minimum Gasteiger partial charge on any atom is -0.496 e. The Morgan fingerprint density at radius 2 is 1.54 bits per heavy atom. The summed E-state index contributed by atoms with van der Waals surface area (Å²) in [6, 6.07) is 18.5. The number of fused-ring (bicyclic) bond motifs is 3. The summed E-state index contributed by atoms with van der Waals surface area (Å²) in [6.07, 6.45) is 0. The summed E-state index contributed by atoms with van der Waals surface area (Å²) in [5, 5.41) is 4.87. The summed E-state index contributed by atoms with van der Waals surface area (Å²) in [5.41, 5.74) is 2.18. The van der Waals surface area contributed by atoms with Gasteiger partial charge in [-0.05, 0) is 18.2 Å². The number of furan rings is 1. The van der Waals surface area contributed by atoms with E-state index < -0.39 is 0 Å². The summed E-state index contributed by atoms with van der Waals surface area (Å²) in [7, 11) is 3.11. The molecule has 0 aliphatic carbocycles. The normalized spacial score (nSPS) is 10.8. The summed E-state index contributed by atoms with van der Waals surface area (Å²) in [5.74, 6) is 1.38. The lowest BCUT2D eigenvalue weighted by Crippen LogP contribution is -2.20. The topological polar surface area (TPSA) is 69.9 Å². The van der Waals surface area contributed by atoms with Crippen LogP contribution in [0, 0.1) is 0 Å². The zero-order valence-electron chi connectivity index (χ0n) is 15.5. The molecule has 3 aromatic carbocycles. The molecule has 6 nitrogen and oxygen atoms in total. The van der Waals surface area contributed by atoms with E-state index in [1.54, 1.807) is 32.4 Å². The van der Waals surface area contributed by atoms with Gasteiger partial charge in [-0.2, -0.15) is 0 Å². The van der Waals surface area contributed by atoms with Crippen LogP contribution in [-0.4, -0.2) is 26.7 Å². The Morgan fingerprint density at radius 1 is 0.857 bits per heavy atom. The lowest BCUT2D eigenvalue weighted by molar-refractivity contribution is -0.118. The van der Waals surface area contributed by atoms with E-state index in [0.29, 0.717) is 22.9 Å². The first-order valence-corrected chi connectivity index (χ1v) is 8.73. The van der Waals surface area contributed by atoms with E-state index in [1.807, 2.05) is 42.5 Å². The predicted molar refractivity (Wildman–Crippen MR) is 107 cm³/mol. The molecule has 0 atom stereocenters. The Labute approximate surface area is 161 Å². The highest BCUT2D eigenvalue weighted by molar-refractivity contribution is 6.06. The number of methoxy groups -OCH3 is 2. The highest BCUT2D eigenvalue weighted by atomic mass is 16.5. The Kier molecular flexibility index (Phi) is 4.76. The molecule has 0 bridgehead atoms. The maximum Gasteiger partial charge on any atom is 0.262 e. The molecule has 0 spiro atoms. The number of carbonyl (C=O) groups excluding carboxylic acids is 1. The van der Waals surface area contributed by atoms with Gasteiger partial charge in [0.1, 0.15) is 28.4 Å². The minimum atomic E-state index is -0.280. The second kappa shape index (κ2) is 7.52. The average Bonchev–Trinajstić information content (AvgIpc) is 3.09. The van der Waals surface area contributed by atoms with Crippen LogP contribution < -0.4 is 19.5 Å². The van der Waals surface area contributed by atoms with Crippen LogP contribution in [0.25, 0.3) is 21.9 Å². The number of carbonyl (C=O) groups is 1. The lowest BCUT2D eigenvalue weighted by Gasteiger charge is -2.10. The van der Waals surface area contributed by atoms with E-state index in [0.717, 1.165) is 21.9 Å². The van der Waals surface area contributed by atoms with Gasteiger partial charge in [0.25, 0.3) is 5.91 Å². The number of rotatable bonds is 6. The molecule has 0 radical (unpaired) electrons. The Hall–Kier alpha value is -3.67. The molecule has 0 fully saturated rings. The molecule has 0 unspecified atom stereocenters. The van der Waals surface area contributed by atoms with Gasteiger partial charge < -0.3 is 23.9 Å². The number of hydrogen-bond acceptors (Lipinski definition) is 5. The molecule has 0 saturated carbocycles. The Bertz CT molecular complexity index is 1130. The molecule has 1 N–H and O–H groups in total. The van der Waals surface area contributed by atoms with Gasteiger partial charge in [0, 0.05) is 40.7 Å². The zero-order valence-corrected chi connectivity index (χ0v) is 15.5. The van der Waals surface area contributed by atoms with E-state index >= 15 is 0 Å². The number of amides is 1. The fourth-order valence-electron chi connectivity index (χ4n) is 3.01. The fourth-order valence-corrected chi connectivity index (χ4v) is 3.01. The van der Waals surface area contributed by atoms with Crippen molar-refractivity contribution in [3.63, 3.8) is 0 Å². The smallest absolute Gasteiger partial charge is 0.262 e. The van der Waals surface area contributed by atoms with Gasteiger partial charge in [-0.3, -0.25) is 4.79 Å². The van der Waals surface area contributed by atoms with Crippen molar-refractivity contribution in [2.24, 2.45) is 0 Å². The molecule has 28 heavy (non-hydrogen) atoms. The number of benzene rings is 3.